The first-order chi connectivity index (χ1) is 14.8. The van der Waals surface area contributed by atoms with Crippen LogP contribution in [0.4, 0.5) is 0 Å². The molecule has 9 nitrogen and oxygen atoms in total. The zero-order valence-electron chi connectivity index (χ0n) is 15.8. The van der Waals surface area contributed by atoms with E-state index in [4.69, 9.17) is 20.9 Å². The van der Waals surface area contributed by atoms with Crippen molar-refractivity contribution in [3.05, 3.63) is 81.9 Å². The molecule has 2 heterocycles. The van der Waals surface area contributed by atoms with Crippen LogP contribution in [0.2, 0.25) is 0 Å². The summed E-state index contributed by atoms with van der Waals surface area (Å²) in [5.74, 6) is -3.17. The van der Waals surface area contributed by atoms with Crippen molar-refractivity contribution in [3.8, 4) is 23.0 Å². The number of carbonyl (C=O) groups excluding carboxylic acids is 1. The van der Waals surface area contributed by atoms with Gasteiger partial charge in [0, 0.05) is 16.7 Å². The van der Waals surface area contributed by atoms with Crippen LogP contribution in [0, 0.1) is 0 Å². The van der Waals surface area contributed by atoms with Crippen molar-refractivity contribution in [1.82, 2.24) is 0 Å². The third-order valence-electron chi connectivity index (χ3n) is 5.59. The number of rotatable bonds is 2. The molecule has 0 aromatic heterocycles. The number of carboxylic acid groups (broad SMARTS) is 1. The Morgan fingerprint density at radius 1 is 0.903 bits per heavy atom. The first kappa shape index (κ1) is 18.9. The molecule has 5 rings (SSSR count). The van der Waals surface area contributed by atoms with E-state index < -0.39 is 35.0 Å². The molecule has 156 valence electrons. The Balaban J connectivity index is 1.97. The first-order valence-corrected chi connectivity index (χ1v) is 9.25. The van der Waals surface area contributed by atoms with Gasteiger partial charge in [-0.3, -0.25) is 0 Å². The number of hydrogen-bond donors (Lipinski definition) is 5. The molecule has 7 N–H and O–H groups in total. The molecule has 9 heteroatoms. The molecule has 0 bridgehead atoms. The fourth-order valence-corrected chi connectivity index (χ4v) is 4.33. The summed E-state index contributed by atoms with van der Waals surface area (Å²) in [6.45, 7) is 0. The third kappa shape index (κ3) is 2.32. The van der Waals surface area contributed by atoms with Crippen molar-refractivity contribution < 1.29 is 34.4 Å². The first-order valence-electron chi connectivity index (χ1n) is 9.25. The van der Waals surface area contributed by atoms with Gasteiger partial charge in [0.1, 0.15) is 22.8 Å². The predicted octanol–water partition coefficient (Wildman–Crippen LogP) is 2.28. The monoisotopic (exact) mass is 420 g/mol. The van der Waals surface area contributed by atoms with E-state index in [2.05, 4.69) is 0 Å². The molecule has 0 fully saturated rings. The molecule has 0 radical (unpaired) electrons. The molecule has 1 unspecified atom stereocenters. The van der Waals surface area contributed by atoms with Crippen molar-refractivity contribution in [1.29, 1.82) is 0 Å². The Hall–Kier alpha value is -4.08. The van der Waals surface area contributed by atoms with Gasteiger partial charge in [-0.05, 0) is 30.3 Å². The quantitative estimate of drug-likeness (QED) is 0.309. The number of nitrogens with two attached hydrogens (primary N) is 2. The number of carboxylic acids is 1. The van der Waals surface area contributed by atoms with Gasteiger partial charge in [-0.1, -0.05) is 18.2 Å². The van der Waals surface area contributed by atoms with Gasteiger partial charge in [0.2, 0.25) is 0 Å². The van der Waals surface area contributed by atoms with Crippen LogP contribution in [0.25, 0.3) is 0 Å². The van der Waals surface area contributed by atoms with Gasteiger partial charge in [-0.15, -0.1) is 0 Å². The average molecular weight is 420 g/mol. The van der Waals surface area contributed by atoms with Crippen molar-refractivity contribution >= 4 is 11.9 Å². The van der Waals surface area contributed by atoms with Gasteiger partial charge < -0.3 is 36.3 Å². The standard InChI is InChI=1S/C22H16N2O7/c23-19(24)15-13(25)7-5-11-17(15)30-18-12(6-8-14(26)16(18)20(27)28)22(11)10-4-2-1-3-9(10)21(29)31-22/h1-8,19,25-26H,23-24H2,(H,27,28). The molecular weight excluding hydrogens is 404 g/mol. The summed E-state index contributed by atoms with van der Waals surface area (Å²) in [5, 5.41) is 30.3. The van der Waals surface area contributed by atoms with Crippen molar-refractivity contribution in [2.24, 2.45) is 11.5 Å². The number of phenolic OH excluding ortho intramolecular Hbond substituents is 1. The third-order valence-corrected chi connectivity index (χ3v) is 5.59. The van der Waals surface area contributed by atoms with Crippen LogP contribution in [-0.2, 0) is 10.3 Å². The van der Waals surface area contributed by atoms with Gasteiger partial charge in [-0.2, -0.15) is 0 Å². The van der Waals surface area contributed by atoms with E-state index in [1.807, 2.05) is 0 Å². The second kappa shape index (κ2) is 6.21. The zero-order valence-corrected chi connectivity index (χ0v) is 15.8. The van der Waals surface area contributed by atoms with Crippen molar-refractivity contribution in [2.75, 3.05) is 0 Å². The number of phenols is 2. The number of aromatic hydroxyl groups is 2. The highest BCUT2D eigenvalue weighted by Crippen LogP contribution is 2.59. The summed E-state index contributed by atoms with van der Waals surface area (Å²) in [5.41, 5.74) is 10.9. The van der Waals surface area contributed by atoms with Gasteiger partial charge in [0.05, 0.1) is 17.3 Å². The van der Waals surface area contributed by atoms with Gasteiger partial charge in [0.15, 0.2) is 11.4 Å². The summed E-state index contributed by atoms with van der Waals surface area (Å²) in [6, 6.07) is 12.2. The summed E-state index contributed by atoms with van der Waals surface area (Å²) in [4.78, 5) is 24.8. The van der Waals surface area contributed by atoms with Crippen LogP contribution in [0.5, 0.6) is 23.0 Å². The minimum absolute atomic E-state index is 0.00244. The zero-order chi connectivity index (χ0) is 22.1. The molecule has 1 atom stereocenters. The van der Waals surface area contributed by atoms with E-state index in [0.717, 1.165) is 0 Å². The van der Waals surface area contributed by atoms with Crippen LogP contribution in [0.1, 0.15) is 49.1 Å². The Kier molecular flexibility index (Phi) is 3.79. The Morgan fingerprint density at radius 2 is 1.55 bits per heavy atom. The number of hydrogen-bond acceptors (Lipinski definition) is 8. The average Bonchev–Trinajstić information content (AvgIpc) is 3.00. The Morgan fingerprint density at radius 3 is 2.23 bits per heavy atom. The second-order valence-corrected chi connectivity index (χ2v) is 7.26. The number of ether oxygens (including phenoxy) is 2. The summed E-state index contributed by atoms with van der Waals surface area (Å²) < 4.78 is 11.8. The molecule has 0 aliphatic carbocycles. The van der Waals surface area contributed by atoms with E-state index in [0.29, 0.717) is 11.1 Å². The summed E-state index contributed by atoms with van der Waals surface area (Å²) >= 11 is 0. The van der Waals surface area contributed by atoms with Gasteiger partial charge in [0.25, 0.3) is 0 Å². The van der Waals surface area contributed by atoms with Gasteiger partial charge >= 0.3 is 11.9 Å². The normalized spacial score (nSPS) is 18.2. The Bertz CT molecular complexity index is 1300. The smallest absolute Gasteiger partial charge is 0.343 e. The van der Waals surface area contributed by atoms with E-state index in [-0.39, 0.29) is 33.9 Å². The minimum Gasteiger partial charge on any atom is -0.507 e. The van der Waals surface area contributed by atoms with Crippen molar-refractivity contribution in [2.45, 2.75) is 11.8 Å². The number of benzene rings is 3. The molecule has 3 aromatic carbocycles. The molecule has 0 amide bonds. The van der Waals surface area contributed by atoms with Gasteiger partial charge in [-0.25, -0.2) is 9.59 Å². The van der Waals surface area contributed by atoms with E-state index >= 15 is 0 Å². The lowest BCUT2D eigenvalue weighted by molar-refractivity contribution is 0.0223. The number of aromatic carboxylic acids is 1. The number of fused-ring (bicyclic) bond motifs is 6. The number of carbonyl (C=O) groups is 2. The molecule has 0 saturated heterocycles. The maximum atomic E-state index is 12.8. The molecule has 0 saturated carbocycles. The highest BCUT2D eigenvalue weighted by Gasteiger charge is 2.55. The van der Waals surface area contributed by atoms with E-state index in [1.165, 1.54) is 24.3 Å². The molecule has 3 aromatic rings. The minimum atomic E-state index is -1.59. The number of esters is 1. The molecule has 2 aliphatic rings. The maximum Gasteiger partial charge on any atom is 0.343 e. The fraction of sp³-hybridized carbons (Fsp3) is 0.0909. The molecule has 31 heavy (non-hydrogen) atoms. The molecule has 1 spiro atoms. The fourth-order valence-electron chi connectivity index (χ4n) is 4.33. The lowest BCUT2D eigenvalue weighted by atomic mass is 9.76. The second-order valence-electron chi connectivity index (χ2n) is 7.26. The van der Waals surface area contributed by atoms with Crippen LogP contribution in [-0.4, -0.2) is 27.3 Å². The summed E-state index contributed by atoms with van der Waals surface area (Å²) in [7, 11) is 0. The molecular formula is C22H16N2O7. The summed E-state index contributed by atoms with van der Waals surface area (Å²) in [6.07, 6.45) is -1.19. The SMILES string of the molecule is NC(N)c1c(O)ccc2c1Oc1c(ccc(O)c1C(=O)O)C21OC(=O)c2ccccc21. The topological polar surface area (TPSA) is 165 Å². The van der Waals surface area contributed by atoms with Crippen molar-refractivity contribution in [3.63, 3.8) is 0 Å². The van der Waals surface area contributed by atoms with Crippen LogP contribution in [0.3, 0.4) is 0 Å². The highest BCUT2D eigenvalue weighted by atomic mass is 16.6. The highest BCUT2D eigenvalue weighted by molar-refractivity contribution is 5.99. The van der Waals surface area contributed by atoms with Crippen LogP contribution < -0.4 is 16.2 Å². The van der Waals surface area contributed by atoms with E-state index in [1.54, 1.807) is 24.3 Å². The Labute approximate surface area is 175 Å². The van der Waals surface area contributed by atoms with Crippen LogP contribution >= 0.6 is 0 Å². The predicted molar refractivity (Wildman–Crippen MR) is 106 cm³/mol. The maximum absolute atomic E-state index is 12.8. The lowest BCUT2D eigenvalue weighted by Crippen LogP contribution is -2.35. The van der Waals surface area contributed by atoms with Crippen LogP contribution in [0.15, 0.2) is 48.5 Å². The lowest BCUT2D eigenvalue weighted by Gasteiger charge is -2.38. The largest absolute Gasteiger partial charge is 0.507 e. The van der Waals surface area contributed by atoms with E-state index in [9.17, 15) is 24.9 Å². The molecule has 2 aliphatic heterocycles.